The second-order valence-electron chi connectivity index (χ2n) is 5.27. The lowest BCUT2D eigenvalue weighted by molar-refractivity contribution is 0.0604. The summed E-state index contributed by atoms with van der Waals surface area (Å²) in [4.78, 5) is 1.00. The van der Waals surface area contributed by atoms with E-state index < -0.39 is 5.60 Å². The number of hydrogen-bond donors (Lipinski definition) is 2. The van der Waals surface area contributed by atoms with Crippen molar-refractivity contribution >= 4 is 11.3 Å². The van der Waals surface area contributed by atoms with E-state index in [1.807, 2.05) is 24.4 Å². The third-order valence-corrected chi connectivity index (χ3v) is 4.54. The first-order valence-electron chi connectivity index (χ1n) is 6.52. The third kappa shape index (κ3) is 3.66. The van der Waals surface area contributed by atoms with E-state index >= 15 is 0 Å². The molecule has 0 aliphatic rings. The number of benzene rings is 1. The van der Waals surface area contributed by atoms with Crippen molar-refractivity contribution in [3.8, 4) is 0 Å². The van der Waals surface area contributed by atoms with Gasteiger partial charge in [0, 0.05) is 18.0 Å². The number of hydrogen-bond acceptors (Lipinski definition) is 3. The molecule has 1 heterocycles. The number of aliphatic hydroxyl groups is 1. The summed E-state index contributed by atoms with van der Waals surface area (Å²) in [5, 5.41) is 15.7. The molecule has 19 heavy (non-hydrogen) atoms. The quantitative estimate of drug-likeness (QED) is 0.877. The molecule has 1 unspecified atom stereocenters. The number of aryl methyl sites for hydroxylation is 2. The second-order valence-corrected chi connectivity index (χ2v) is 6.22. The highest BCUT2D eigenvalue weighted by atomic mass is 32.1. The van der Waals surface area contributed by atoms with E-state index in [-0.39, 0.29) is 0 Å². The molecule has 1 aromatic carbocycles. The molecule has 0 radical (unpaired) electrons. The Kier molecular flexibility index (Phi) is 4.40. The zero-order valence-corrected chi connectivity index (χ0v) is 12.6. The summed E-state index contributed by atoms with van der Waals surface area (Å²) in [5.74, 6) is 0. The summed E-state index contributed by atoms with van der Waals surface area (Å²) < 4.78 is 0. The fourth-order valence-corrected chi connectivity index (χ4v) is 2.82. The van der Waals surface area contributed by atoms with Crippen molar-refractivity contribution < 1.29 is 5.11 Å². The first-order valence-corrected chi connectivity index (χ1v) is 7.40. The zero-order chi connectivity index (χ0) is 13.9. The van der Waals surface area contributed by atoms with E-state index in [0.717, 1.165) is 11.4 Å². The fourth-order valence-electron chi connectivity index (χ4n) is 2.04. The Bertz CT molecular complexity index is 532. The van der Waals surface area contributed by atoms with Crippen LogP contribution >= 0.6 is 11.3 Å². The molecule has 2 aromatic rings. The van der Waals surface area contributed by atoms with Crippen LogP contribution in [-0.4, -0.2) is 11.7 Å². The molecule has 0 aliphatic heterocycles. The monoisotopic (exact) mass is 275 g/mol. The van der Waals surface area contributed by atoms with Gasteiger partial charge in [-0.2, -0.15) is 0 Å². The predicted molar refractivity (Wildman–Crippen MR) is 81.5 cm³/mol. The van der Waals surface area contributed by atoms with Gasteiger partial charge in [-0.05, 0) is 48.9 Å². The number of rotatable bonds is 5. The van der Waals surface area contributed by atoms with Gasteiger partial charge in [0.25, 0.3) is 0 Å². The van der Waals surface area contributed by atoms with Crippen LogP contribution < -0.4 is 5.32 Å². The van der Waals surface area contributed by atoms with Crippen molar-refractivity contribution in [1.29, 1.82) is 0 Å². The molecule has 0 aliphatic carbocycles. The molecule has 1 aromatic heterocycles. The molecule has 0 fully saturated rings. The van der Waals surface area contributed by atoms with Crippen LogP contribution in [0.1, 0.15) is 28.5 Å². The van der Waals surface area contributed by atoms with Gasteiger partial charge >= 0.3 is 0 Å². The Morgan fingerprint density at radius 3 is 2.63 bits per heavy atom. The van der Waals surface area contributed by atoms with Crippen molar-refractivity contribution in [2.75, 3.05) is 6.54 Å². The lowest BCUT2D eigenvalue weighted by atomic mass is 10.0. The summed E-state index contributed by atoms with van der Waals surface area (Å²) in [7, 11) is 0. The van der Waals surface area contributed by atoms with E-state index in [2.05, 4.69) is 37.4 Å². The Labute approximate surface area is 119 Å². The van der Waals surface area contributed by atoms with E-state index in [9.17, 15) is 5.11 Å². The average molecular weight is 275 g/mol. The topological polar surface area (TPSA) is 32.3 Å². The van der Waals surface area contributed by atoms with Crippen LogP contribution in [0, 0.1) is 13.8 Å². The van der Waals surface area contributed by atoms with Gasteiger partial charge in [0.05, 0.1) is 0 Å². The van der Waals surface area contributed by atoms with Crippen molar-refractivity contribution in [2.24, 2.45) is 0 Å². The lowest BCUT2D eigenvalue weighted by Gasteiger charge is -2.22. The van der Waals surface area contributed by atoms with Crippen LogP contribution in [0.3, 0.4) is 0 Å². The molecule has 1 atom stereocenters. The van der Waals surface area contributed by atoms with Gasteiger partial charge in [-0.15, -0.1) is 11.3 Å². The van der Waals surface area contributed by atoms with Crippen LogP contribution in [-0.2, 0) is 12.1 Å². The van der Waals surface area contributed by atoms with E-state index in [1.165, 1.54) is 16.7 Å². The van der Waals surface area contributed by atoms with Crippen molar-refractivity contribution in [1.82, 2.24) is 5.32 Å². The van der Waals surface area contributed by atoms with Crippen LogP contribution in [0.4, 0.5) is 0 Å². The highest BCUT2D eigenvalue weighted by Crippen LogP contribution is 2.24. The Balaban J connectivity index is 1.91. The summed E-state index contributed by atoms with van der Waals surface area (Å²) in [6, 6.07) is 10.4. The van der Waals surface area contributed by atoms with Gasteiger partial charge in [0.15, 0.2) is 0 Å². The van der Waals surface area contributed by atoms with Crippen molar-refractivity contribution in [3.63, 3.8) is 0 Å². The van der Waals surface area contributed by atoms with Crippen LogP contribution in [0.2, 0.25) is 0 Å². The fraction of sp³-hybridized carbons (Fsp3) is 0.375. The average Bonchev–Trinajstić information content (AvgIpc) is 2.88. The second kappa shape index (κ2) is 5.87. The van der Waals surface area contributed by atoms with E-state index in [1.54, 1.807) is 11.3 Å². The molecule has 0 amide bonds. The Morgan fingerprint density at radius 1 is 1.21 bits per heavy atom. The largest absolute Gasteiger partial charge is 0.383 e. The van der Waals surface area contributed by atoms with Gasteiger partial charge in [-0.1, -0.05) is 24.3 Å². The number of thiophene rings is 1. The molecular weight excluding hydrogens is 254 g/mol. The van der Waals surface area contributed by atoms with Crippen LogP contribution in [0.5, 0.6) is 0 Å². The van der Waals surface area contributed by atoms with E-state index in [4.69, 9.17) is 0 Å². The van der Waals surface area contributed by atoms with Gasteiger partial charge in [0.2, 0.25) is 0 Å². The molecular formula is C16H21NOS. The molecule has 2 rings (SSSR count). The smallest absolute Gasteiger partial charge is 0.108 e. The van der Waals surface area contributed by atoms with Gasteiger partial charge in [-0.25, -0.2) is 0 Å². The molecule has 0 bridgehead atoms. The summed E-state index contributed by atoms with van der Waals surface area (Å²) in [5.41, 5.74) is 3.08. The molecule has 2 nitrogen and oxygen atoms in total. The molecule has 0 saturated carbocycles. The molecule has 0 spiro atoms. The molecule has 102 valence electrons. The minimum absolute atomic E-state index is 0.556. The maximum absolute atomic E-state index is 10.4. The Morgan fingerprint density at radius 2 is 2.00 bits per heavy atom. The number of nitrogens with one attached hydrogen (secondary N) is 1. The summed E-state index contributed by atoms with van der Waals surface area (Å²) >= 11 is 1.59. The summed E-state index contributed by atoms with van der Waals surface area (Å²) in [6.07, 6.45) is 0. The predicted octanol–water partition coefficient (Wildman–Crippen LogP) is 3.36. The third-order valence-electron chi connectivity index (χ3n) is 3.42. The Hall–Kier alpha value is -1.16. The summed E-state index contributed by atoms with van der Waals surface area (Å²) in [6.45, 7) is 7.43. The lowest BCUT2D eigenvalue weighted by Crippen LogP contribution is -2.34. The SMILES string of the molecule is Cc1ccc(CNCC(C)(O)c2cccs2)cc1C. The zero-order valence-electron chi connectivity index (χ0n) is 11.7. The highest BCUT2D eigenvalue weighted by molar-refractivity contribution is 7.10. The van der Waals surface area contributed by atoms with Gasteiger partial charge < -0.3 is 10.4 Å². The molecule has 3 heteroatoms. The maximum atomic E-state index is 10.4. The minimum Gasteiger partial charge on any atom is -0.383 e. The van der Waals surface area contributed by atoms with Crippen LogP contribution in [0.15, 0.2) is 35.7 Å². The van der Waals surface area contributed by atoms with Crippen molar-refractivity contribution in [3.05, 3.63) is 57.3 Å². The standard InChI is InChI=1S/C16H21NOS/c1-12-6-7-14(9-13(12)2)10-17-11-16(3,18)15-5-4-8-19-15/h4-9,17-18H,10-11H2,1-3H3. The minimum atomic E-state index is -0.798. The maximum Gasteiger partial charge on any atom is 0.108 e. The molecule has 0 saturated heterocycles. The first kappa shape index (κ1) is 14.3. The van der Waals surface area contributed by atoms with Gasteiger partial charge in [0.1, 0.15) is 5.60 Å². The molecule has 2 N–H and O–H groups in total. The normalized spacial score (nSPS) is 14.3. The van der Waals surface area contributed by atoms with Gasteiger partial charge in [-0.3, -0.25) is 0 Å². The van der Waals surface area contributed by atoms with Crippen molar-refractivity contribution in [2.45, 2.75) is 32.9 Å². The van der Waals surface area contributed by atoms with E-state index in [0.29, 0.717) is 6.54 Å². The first-order chi connectivity index (χ1) is 8.99. The highest BCUT2D eigenvalue weighted by Gasteiger charge is 2.23. The van der Waals surface area contributed by atoms with Crippen LogP contribution in [0.25, 0.3) is 0 Å².